The van der Waals surface area contributed by atoms with Gasteiger partial charge < -0.3 is 15.1 Å². The quantitative estimate of drug-likeness (QED) is 0.720. The number of piperidine rings is 1. The number of pyridine rings is 1. The number of aliphatic hydroxyl groups is 1. The molecule has 2 heterocycles. The van der Waals surface area contributed by atoms with Gasteiger partial charge in [0.2, 0.25) is 0 Å². The van der Waals surface area contributed by atoms with Gasteiger partial charge in [-0.1, -0.05) is 0 Å². The van der Waals surface area contributed by atoms with E-state index < -0.39 is 6.10 Å². The van der Waals surface area contributed by atoms with E-state index in [-0.39, 0.29) is 17.2 Å². The number of amides is 1. The molecule has 5 nitrogen and oxygen atoms in total. The molecule has 0 bridgehead atoms. The molecule has 1 fully saturated rings. The lowest BCUT2D eigenvalue weighted by Crippen LogP contribution is -2.42. The fourth-order valence-corrected chi connectivity index (χ4v) is 1.88. The van der Waals surface area contributed by atoms with E-state index in [9.17, 15) is 15.0 Å². The predicted octanol–water partition coefficient (Wildman–Crippen LogP) is 0.384. The Labute approximate surface area is 93.3 Å². The number of aromatic nitrogens is 1. The lowest BCUT2D eigenvalue weighted by molar-refractivity contribution is 0.0471. The molecule has 0 spiro atoms. The van der Waals surface area contributed by atoms with Crippen LogP contribution in [0.2, 0.25) is 0 Å². The Bertz CT molecular complexity index is 395. The Hall–Kier alpha value is -1.62. The van der Waals surface area contributed by atoms with Gasteiger partial charge in [-0.15, -0.1) is 0 Å². The summed E-state index contributed by atoms with van der Waals surface area (Å²) in [7, 11) is 0. The summed E-state index contributed by atoms with van der Waals surface area (Å²) in [5, 5.41) is 19.0. The maximum absolute atomic E-state index is 12.0. The zero-order chi connectivity index (χ0) is 11.5. The number of carbonyl (C=O) groups is 1. The molecule has 2 N–H and O–H groups in total. The van der Waals surface area contributed by atoms with Crippen LogP contribution in [0.5, 0.6) is 5.75 Å². The summed E-state index contributed by atoms with van der Waals surface area (Å²) < 4.78 is 0. The summed E-state index contributed by atoms with van der Waals surface area (Å²) in [4.78, 5) is 17.3. The van der Waals surface area contributed by atoms with Crippen LogP contribution in [-0.2, 0) is 0 Å². The highest BCUT2D eigenvalue weighted by atomic mass is 16.3. The minimum Gasteiger partial charge on any atom is -0.505 e. The Morgan fingerprint density at radius 3 is 3.06 bits per heavy atom. The summed E-state index contributed by atoms with van der Waals surface area (Å²) in [5.41, 5.74) is 0.240. The maximum atomic E-state index is 12.0. The number of β-amino-alcohol motifs (C(OH)–C–C–N with tert-alkyl or cyclic N) is 1. The van der Waals surface area contributed by atoms with Crippen molar-refractivity contribution in [3.63, 3.8) is 0 Å². The highest BCUT2D eigenvalue weighted by Crippen LogP contribution is 2.19. The molecule has 1 aliphatic rings. The van der Waals surface area contributed by atoms with Crippen molar-refractivity contribution < 1.29 is 15.0 Å². The van der Waals surface area contributed by atoms with Crippen LogP contribution in [0.3, 0.4) is 0 Å². The Balaban J connectivity index is 2.16. The Kier molecular flexibility index (Phi) is 3.05. The van der Waals surface area contributed by atoms with Crippen molar-refractivity contribution in [2.24, 2.45) is 0 Å². The average Bonchev–Trinajstić information content (AvgIpc) is 2.29. The molecule has 1 aromatic rings. The standard InChI is InChI=1S/C11H14N2O3/c14-8-2-1-5-13(7-8)11(16)9-3-4-12-6-10(9)15/h3-4,6,8,14-15H,1-2,5,7H2. The summed E-state index contributed by atoms with van der Waals surface area (Å²) in [5.74, 6) is -0.369. The number of rotatable bonds is 1. The molecule has 5 heteroatoms. The van der Waals surface area contributed by atoms with Crippen molar-refractivity contribution in [3.8, 4) is 5.75 Å². The molecule has 16 heavy (non-hydrogen) atoms. The molecule has 86 valence electrons. The zero-order valence-electron chi connectivity index (χ0n) is 8.83. The molecule has 1 aromatic heterocycles. The highest BCUT2D eigenvalue weighted by Gasteiger charge is 2.24. The van der Waals surface area contributed by atoms with E-state index in [4.69, 9.17) is 0 Å². The van der Waals surface area contributed by atoms with Gasteiger partial charge in [0.05, 0.1) is 17.9 Å². The number of hydrogen-bond acceptors (Lipinski definition) is 4. The van der Waals surface area contributed by atoms with Crippen molar-refractivity contribution in [3.05, 3.63) is 24.0 Å². The van der Waals surface area contributed by atoms with Crippen molar-refractivity contribution in [1.82, 2.24) is 9.88 Å². The lowest BCUT2D eigenvalue weighted by Gasteiger charge is -2.30. The monoisotopic (exact) mass is 222 g/mol. The number of aliphatic hydroxyl groups excluding tert-OH is 1. The van der Waals surface area contributed by atoms with Crippen LogP contribution in [0.4, 0.5) is 0 Å². The molecule has 0 saturated carbocycles. The van der Waals surface area contributed by atoms with Crippen molar-refractivity contribution in [1.29, 1.82) is 0 Å². The average molecular weight is 222 g/mol. The fourth-order valence-electron chi connectivity index (χ4n) is 1.88. The highest BCUT2D eigenvalue weighted by molar-refractivity contribution is 5.96. The summed E-state index contributed by atoms with van der Waals surface area (Å²) in [6.07, 6.45) is 3.77. The van der Waals surface area contributed by atoms with Crippen LogP contribution in [0.15, 0.2) is 18.5 Å². The van der Waals surface area contributed by atoms with Crippen LogP contribution in [0.1, 0.15) is 23.2 Å². The van der Waals surface area contributed by atoms with E-state index >= 15 is 0 Å². The van der Waals surface area contributed by atoms with Gasteiger partial charge in [-0.05, 0) is 18.9 Å². The number of likely N-dealkylation sites (tertiary alicyclic amines) is 1. The molecule has 1 saturated heterocycles. The maximum Gasteiger partial charge on any atom is 0.257 e. The van der Waals surface area contributed by atoms with Gasteiger partial charge in [-0.25, -0.2) is 0 Å². The minimum absolute atomic E-state index is 0.118. The third kappa shape index (κ3) is 2.14. The summed E-state index contributed by atoms with van der Waals surface area (Å²) in [6.45, 7) is 0.957. The van der Waals surface area contributed by atoms with Gasteiger partial charge in [0.25, 0.3) is 5.91 Å². The number of hydrogen-bond donors (Lipinski definition) is 2. The second-order valence-corrected chi connectivity index (χ2v) is 3.94. The van der Waals surface area contributed by atoms with Gasteiger partial charge >= 0.3 is 0 Å². The minimum atomic E-state index is -0.457. The normalized spacial score (nSPS) is 20.8. The third-order valence-electron chi connectivity index (χ3n) is 2.71. The Morgan fingerprint density at radius 1 is 1.56 bits per heavy atom. The largest absolute Gasteiger partial charge is 0.505 e. The van der Waals surface area contributed by atoms with Crippen LogP contribution < -0.4 is 0 Å². The number of carbonyl (C=O) groups excluding carboxylic acids is 1. The molecule has 1 aliphatic heterocycles. The first-order valence-corrected chi connectivity index (χ1v) is 5.29. The van der Waals surface area contributed by atoms with Crippen LogP contribution in [0.25, 0.3) is 0 Å². The first-order chi connectivity index (χ1) is 7.68. The van der Waals surface area contributed by atoms with Crippen molar-refractivity contribution in [2.45, 2.75) is 18.9 Å². The van der Waals surface area contributed by atoms with E-state index in [1.165, 1.54) is 18.5 Å². The van der Waals surface area contributed by atoms with E-state index in [1.54, 1.807) is 4.90 Å². The fraction of sp³-hybridized carbons (Fsp3) is 0.455. The zero-order valence-corrected chi connectivity index (χ0v) is 8.83. The SMILES string of the molecule is O=C(c1ccncc1O)N1CCCC(O)C1. The van der Waals surface area contributed by atoms with E-state index in [2.05, 4.69) is 4.98 Å². The predicted molar refractivity (Wildman–Crippen MR) is 57.0 cm³/mol. The van der Waals surface area contributed by atoms with Gasteiger partial charge in [0.15, 0.2) is 0 Å². The molecule has 1 unspecified atom stereocenters. The van der Waals surface area contributed by atoms with Crippen molar-refractivity contribution in [2.75, 3.05) is 13.1 Å². The van der Waals surface area contributed by atoms with E-state index in [0.717, 1.165) is 12.8 Å². The van der Waals surface area contributed by atoms with Gasteiger partial charge in [-0.2, -0.15) is 0 Å². The van der Waals surface area contributed by atoms with Crippen LogP contribution >= 0.6 is 0 Å². The molecule has 0 aliphatic carbocycles. The lowest BCUT2D eigenvalue weighted by atomic mass is 10.1. The first-order valence-electron chi connectivity index (χ1n) is 5.29. The topological polar surface area (TPSA) is 73.7 Å². The number of nitrogens with zero attached hydrogens (tertiary/aromatic N) is 2. The van der Waals surface area contributed by atoms with Crippen LogP contribution in [-0.4, -0.2) is 45.2 Å². The van der Waals surface area contributed by atoms with Gasteiger partial charge in [0, 0.05) is 19.3 Å². The molecule has 1 atom stereocenters. The van der Waals surface area contributed by atoms with E-state index in [1.807, 2.05) is 0 Å². The van der Waals surface area contributed by atoms with Gasteiger partial charge in [0.1, 0.15) is 5.75 Å². The van der Waals surface area contributed by atoms with Crippen molar-refractivity contribution >= 4 is 5.91 Å². The Morgan fingerprint density at radius 2 is 2.38 bits per heavy atom. The molecule has 2 rings (SSSR count). The van der Waals surface area contributed by atoms with Gasteiger partial charge in [-0.3, -0.25) is 9.78 Å². The second kappa shape index (κ2) is 4.49. The molecular weight excluding hydrogens is 208 g/mol. The summed E-state index contributed by atoms with van der Waals surface area (Å²) >= 11 is 0. The molecule has 0 radical (unpaired) electrons. The molecule has 0 aromatic carbocycles. The second-order valence-electron chi connectivity index (χ2n) is 3.94. The molecule has 1 amide bonds. The van der Waals surface area contributed by atoms with Crippen LogP contribution in [0, 0.1) is 0 Å². The number of aromatic hydroxyl groups is 1. The smallest absolute Gasteiger partial charge is 0.257 e. The third-order valence-corrected chi connectivity index (χ3v) is 2.71. The first kappa shape index (κ1) is 10.9. The summed E-state index contributed by atoms with van der Waals surface area (Å²) in [6, 6.07) is 1.48. The molecular formula is C11H14N2O3. The van der Waals surface area contributed by atoms with E-state index in [0.29, 0.717) is 13.1 Å².